The molecule has 6 nitrogen and oxygen atoms in total. The number of rotatable bonds is 4. The van der Waals surface area contributed by atoms with E-state index in [0.29, 0.717) is 17.4 Å². The van der Waals surface area contributed by atoms with E-state index < -0.39 is 10.0 Å². The van der Waals surface area contributed by atoms with E-state index in [9.17, 15) is 8.42 Å². The Morgan fingerprint density at radius 1 is 1.32 bits per heavy atom. The lowest BCUT2D eigenvalue weighted by molar-refractivity contribution is 0.266. The summed E-state index contributed by atoms with van der Waals surface area (Å²) in [5, 5.41) is 3.37. The minimum atomic E-state index is -3.37. The van der Waals surface area contributed by atoms with Crippen molar-refractivity contribution in [3.8, 4) is 0 Å². The second-order valence-electron chi connectivity index (χ2n) is 6.53. The Labute approximate surface area is 168 Å². The number of benzene rings is 1. The van der Waals surface area contributed by atoms with Crippen LogP contribution in [0.1, 0.15) is 25.3 Å². The summed E-state index contributed by atoms with van der Waals surface area (Å²) < 4.78 is 25.4. The summed E-state index contributed by atoms with van der Waals surface area (Å²) in [5.74, 6) is 1.60. The molecule has 1 aliphatic heterocycles. The van der Waals surface area contributed by atoms with Gasteiger partial charge in [0.25, 0.3) is 0 Å². The molecule has 1 unspecified atom stereocenters. The molecule has 25 heavy (non-hydrogen) atoms. The molecule has 0 saturated carbocycles. The number of nitrogens with zero attached hydrogens (tertiary/aromatic N) is 3. The van der Waals surface area contributed by atoms with Crippen LogP contribution in [0.15, 0.2) is 34.2 Å². The zero-order valence-electron chi connectivity index (χ0n) is 15.4. The standard InChI is InChI=1S/C17H28N4O2S.HI/c1-14-6-5-11-21(13-14)17(18-2)19-12-15-7-9-16(10-8-15)24(22,23)20(3)4;/h7-10,14H,5-6,11-13H2,1-4H3,(H,18,19);1H. The van der Waals surface area contributed by atoms with Gasteiger partial charge < -0.3 is 10.2 Å². The van der Waals surface area contributed by atoms with Crippen molar-refractivity contribution in [2.45, 2.75) is 31.2 Å². The van der Waals surface area contributed by atoms with E-state index in [-0.39, 0.29) is 24.0 Å². The zero-order valence-corrected chi connectivity index (χ0v) is 18.5. The number of hydrogen-bond acceptors (Lipinski definition) is 3. The van der Waals surface area contributed by atoms with Crippen LogP contribution in [0.5, 0.6) is 0 Å². The Morgan fingerprint density at radius 3 is 2.48 bits per heavy atom. The molecule has 142 valence electrons. The Morgan fingerprint density at radius 2 is 1.96 bits per heavy atom. The average Bonchev–Trinajstić information content (AvgIpc) is 2.56. The first-order valence-electron chi connectivity index (χ1n) is 8.31. The van der Waals surface area contributed by atoms with E-state index in [0.717, 1.165) is 24.6 Å². The van der Waals surface area contributed by atoms with Gasteiger partial charge in [-0.15, -0.1) is 24.0 Å². The van der Waals surface area contributed by atoms with Crippen LogP contribution in [0, 0.1) is 5.92 Å². The Bertz CT molecular complexity index is 674. The van der Waals surface area contributed by atoms with Crippen molar-refractivity contribution < 1.29 is 8.42 Å². The molecule has 1 aliphatic rings. The largest absolute Gasteiger partial charge is 0.352 e. The van der Waals surface area contributed by atoms with Crippen molar-refractivity contribution in [3.05, 3.63) is 29.8 Å². The molecular formula is C17H29IN4O2S. The van der Waals surface area contributed by atoms with E-state index in [4.69, 9.17) is 0 Å². The van der Waals surface area contributed by atoms with E-state index in [1.54, 1.807) is 19.2 Å². The zero-order chi connectivity index (χ0) is 17.7. The number of nitrogens with one attached hydrogen (secondary N) is 1. The van der Waals surface area contributed by atoms with Gasteiger partial charge in [0.1, 0.15) is 0 Å². The smallest absolute Gasteiger partial charge is 0.242 e. The third kappa shape index (κ3) is 5.82. The molecular weight excluding hydrogens is 451 g/mol. The van der Waals surface area contributed by atoms with Gasteiger partial charge in [-0.25, -0.2) is 12.7 Å². The number of halogens is 1. The lowest BCUT2D eigenvalue weighted by Crippen LogP contribution is -2.45. The molecule has 8 heteroatoms. The SMILES string of the molecule is CN=C(NCc1ccc(S(=O)(=O)N(C)C)cc1)N1CCCC(C)C1.I. The molecule has 0 bridgehead atoms. The van der Waals surface area contributed by atoms with Crippen molar-refractivity contribution >= 4 is 40.0 Å². The van der Waals surface area contributed by atoms with Gasteiger partial charge in [-0.05, 0) is 36.5 Å². The fourth-order valence-electron chi connectivity index (χ4n) is 2.89. The Balaban J connectivity index is 0.00000312. The Kier molecular flexibility index (Phi) is 8.62. The topological polar surface area (TPSA) is 65.0 Å². The summed E-state index contributed by atoms with van der Waals surface area (Å²) >= 11 is 0. The van der Waals surface area contributed by atoms with Gasteiger partial charge in [-0.1, -0.05) is 19.1 Å². The molecule has 1 aromatic rings. The van der Waals surface area contributed by atoms with E-state index in [1.165, 1.54) is 31.2 Å². The van der Waals surface area contributed by atoms with Crippen LogP contribution in [0.3, 0.4) is 0 Å². The summed E-state index contributed by atoms with van der Waals surface area (Å²) in [6.45, 7) is 4.95. The number of likely N-dealkylation sites (tertiary alicyclic amines) is 1. The average molecular weight is 480 g/mol. The van der Waals surface area contributed by atoms with Gasteiger partial charge in [0, 0.05) is 40.8 Å². The molecule has 1 aromatic carbocycles. The van der Waals surface area contributed by atoms with Crippen molar-refractivity contribution in [1.29, 1.82) is 0 Å². The molecule has 1 saturated heterocycles. The van der Waals surface area contributed by atoms with Crippen molar-refractivity contribution in [1.82, 2.24) is 14.5 Å². The van der Waals surface area contributed by atoms with Crippen LogP contribution in [0.25, 0.3) is 0 Å². The summed E-state index contributed by atoms with van der Waals surface area (Å²) in [4.78, 5) is 6.97. The molecule has 0 aliphatic carbocycles. The molecule has 2 rings (SSSR count). The first kappa shape index (κ1) is 22.2. The Hall–Kier alpha value is -0.870. The molecule has 0 aromatic heterocycles. The van der Waals surface area contributed by atoms with Gasteiger partial charge >= 0.3 is 0 Å². The molecule has 0 spiro atoms. The molecule has 0 amide bonds. The molecule has 1 atom stereocenters. The number of piperidine rings is 1. The third-order valence-electron chi connectivity index (χ3n) is 4.32. The van der Waals surface area contributed by atoms with Crippen molar-refractivity contribution in [2.75, 3.05) is 34.2 Å². The predicted octanol–water partition coefficient (Wildman–Crippen LogP) is 2.36. The van der Waals surface area contributed by atoms with E-state index in [1.807, 2.05) is 12.1 Å². The van der Waals surface area contributed by atoms with Gasteiger partial charge in [-0.3, -0.25) is 4.99 Å². The second kappa shape index (κ2) is 9.72. The minimum absolute atomic E-state index is 0. The lowest BCUT2D eigenvalue weighted by Gasteiger charge is -2.33. The highest BCUT2D eigenvalue weighted by molar-refractivity contribution is 14.0. The predicted molar refractivity (Wildman–Crippen MR) is 113 cm³/mol. The highest BCUT2D eigenvalue weighted by Crippen LogP contribution is 2.16. The van der Waals surface area contributed by atoms with Gasteiger partial charge in [0.05, 0.1) is 4.90 Å². The van der Waals surface area contributed by atoms with Gasteiger partial charge in [-0.2, -0.15) is 0 Å². The first-order valence-corrected chi connectivity index (χ1v) is 9.75. The van der Waals surface area contributed by atoms with Crippen molar-refractivity contribution in [2.24, 2.45) is 10.9 Å². The monoisotopic (exact) mass is 480 g/mol. The van der Waals surface area contributed by atoms with Crippen LogP contribution in [-0.2, 0) is 16.6 Å². The van der Waals surface area contributed by atoms with Crippen LogP contribution >= 0.6 is 24.0 Å². The van der Waals surface area contributed by atoms with Gasteiger partial charge in [0.2, 0.25) is 10.0 Å². The van der Waals surface area contributed by atoms with Crippen molar-refractivity contribution in [3.63, 3.8) is 0 Å². The molecule has 1 heterocycles. The number of aliphatic imine (C=N–C) groups is 1. The van der Waals surface area contributed by atoms with Gasteiger partial charge in [0.15, 0.2) is 5.96 Å². The van der Waals surface area contributed by atoms with Crippen LogP contribution in [0.4, 0.5) is 0 Å². The highest BCUT2D eigenvalue weighted by Gasteiger charge is 2.19. The summed E-state index contributed by atoms with van der Waals surface area (Å²) in [6, 6.07) is 6.99. The molecule has 1 N–H and O–H groups in total. The van der Waals surface area contributed by atoms with Crippen LogP contribution < -0.4 is 5.32 Å². The fourth-order valence-corrected chi connectivity index (χ4v) is 3.79. The second-order valence-corrected chi connectivity index (χ2v) is 8.68. The van der Waals surface area contributed by atoms with Crippen LogP contribution in [-0.4, -0.2) is 57.8 Å². The van der Waals surface area contributed by atoms with E-state index in [2.05, 4.69) is 22.1 Å². The minimum Gasteiger partial charge on any atom is -0.352 e. The molecule has 0 radical (unpaired) electrons. The first-order chi connectivity index (χ1) is 11.3. The maximum atomic E-state index is 12.1. The van der Waals surface area contributed by atoms with Crippen LogP contribution in [0.2, 0.25) is 0 Å². The van der Waals surface area contributed by atoms with E-state index >= 15 is 0 Å². The quantitative estimate of drug-likeness (QED) is 0.409. The summed E-state index contributed by atoms with van der Waals surface area (Å²) in [6.07, 6.45) is 2.47. The number of guanidine groups is 1. The third-order valence-corrected chi connectivity index (χ3v) is 6.15. The number of hydrogen-bond donors (Lipinski definition) is 1. The fraction of sp³-hybridized carbons (Fsp3) is 0.588. The summed E-state index contributed by atoms with van der Waals surface area (Å²) in [7, 11) is 1.50. The molecule has 1 fully saturated rings. The summed E-state index contributed by atoms with van der Waals surface area (Å²) in [5.41, 5.74) is 1.03. The number of sulfonamides is 1. The lowest BCUT2D eigenvalue weighted by atomic mass is 10.0. The normalized spacial score (nSPS) is 18.8. The maximum absolute atomic E-state index is 12.1. The highest BCUT2D eigenvalue weighted by atomic mass is 127. The maximum Gasteiger partial charge on any atom is 0.242 e.